The SMILES string of the molecule is CNC(C)C(=O)Nc1ccc(-c2c(C)nc3ccccn23)c(C#Cc2cc(C)nc3c(F)cccc23)n1. The number of carbonyl (C=O) groups excluding carboxylic acids is 1. The highest BCUT2D eigenvalue weighted by atomic mass is 19.1. The van der Waals surface area contributed by atoms with E-state index in [-0.39, 0.29) is 11.4 Å². The molecule has 7 nitrogen and oxygen atoms in total. The maximum Gasteiger partial charge on any atom is 0.242 e. The first-order chi connectivity index (χ1) is 17.9. The lowest BCUT2D eigenvalue weighted by atomic mass is 10.1. The summed E-state index contributed by atoms with van der Waals surface area (Å²) in [5.41, 5.74) is 5.30. The highest BCUT2D eigenvalue weighted by molar-refractivity contribution is 5.94. The number of hydrogen-bond donors (Lipinski definition) is 2. The average Bonchev–Trinajstić information content (AvgIpc) is 3.23. The van der Waals surface area contributed by atoms with Crippen LogP contribution in [0.1, 0.15) is 29.6 Å². The summed E-state index contributed by atoms with van der Waals surface area (Å²) in [5, 5.41) is 6.38. The van der Waals surface area contributed by atoms with Crippen LogP contribution in [0, 0.1) is 31.5 Å². The maximum absolute atomic E-state index is 14.4. The Bertz CT molecular complexity index is 1730. The number of rotatable bonds is 4. The van der Waals surface area contributed by atoms with E-state index in [1.54, 1.807) is 32.2 Å². The number of halogens is 1. The normalized spacial score (nSPS) is 11.8. The van der Waals surface area contributed by atoms with Crippen LogP contribution in [0.15, 0.2) is 60.8 Å². The quantitative estimate of drug-likeness (QED) is 0.357. The average molecular weight is 493 g/mol. The minimum Gasteiger partial charge on any atom is -0.309 e. The van der Waals surface area contributed by atoms with Crippen molar-refractivity contribution in [2.45, 2.75) is 26.8 Å². The van der Waals surface area contributed by atoms with Gasteiger partial charge in [0.05, 0.1) is 17.4 Å². The molecule has 1 atom stereocenters. The minimum atomic E-state index is -0.396. The molecule has 0 fully saturated rings. The molecule has 5 aromatic rings. The van der Waals surface area contributed by atoms with Gasteiger partial charge in [0, 0.05) is 28.4 Å². The van der Waals surface area contributed by atoms with E-state index in [1.165, 1.54) is 6.07 Å². The van der Waals surface area contributed by atoms with Crippen LogP contribution in [0.3, 0.4) is 0 Å². The number of hydrogen-bond acceptors (Lipinski definition) is 5. The van der Waals surface area contributed by atoms with E-state index in [2.05, 4.69) is 32.4 Å². The second-order valence-corrected chi connectivity index (χ2v) is 8.76. The molecule has 4 aromatic heterocycles. The molecule has 1 unspecified atom stereocenters. The molecule has 5 rings (SSSR count). The van der Waals surface area contributed by atoms with Crippen LogP contribution in [-0.2, 0) is 4.79 Å². The summed E-state index contributed by atoms with van der Waals surface area (Å²) in [5.74, 6) is 6.15. The van der Waals surface area contributed by atoms with Crippen molar-refractivity contribution >= 4 is 28.3 Å². The number of benzene rings is 1. The van der Waals surface area contributed by atoms with Gasteiger partial charge in [0.1, 0.15) is 28.5 Å². The summed E-state index contributed by atoms with van der Waals surface area (Å²) in [6.07, 6.45) is 1.94. The predicted octanol–water partition coefficient (Wildman–Crippen LogP) is 4.65. The fourth-order valence-electron chi connectivity index (χ4n) is 4.19. The molecule has 37 heavy (non-hydrogen) atoms. The number of pyridine rings is 3. The van der Waals surface area contributed by atoms with Crippen LogP contribution in [0.25, 0.3) is 27.8 Å². The second-order valence-electron chi connectivity index (χ2n) is 8.76. The van der Waals surface area contributed by atoms with Gasteiger partial charge >= 0.3 is 0 Å². The van der Waals surface area contributed by atoms with E-state index in [0.29, 0.717) is 28.2 Å². The van der Waals surface area contributed by atoms with E-state index < -0.39 is 11.9 Å². The molecular weight excluding hydrogens is 467 g/mol. The van der Waals surface area contributed by atoms with Crippen molar-refractivity contribution in [1.29, 1.82) is 0 Å². The third-order valence-electron chi connectivity index (χ3n) is 6.17. The standard InChI is InChI=1S/C29H25FN6O/c1-17-16-20(21-8-7-9-23(30)27(21)32-17)11-13-24-22(12-14-25(34-24)35-29(37)19(3)31-4)28-18(2)33-26-10-5-6-15-36(26)28/h5-10,12,14-16,19,31H,1-4H3,(H,34,35,37). The first kappa shape index (κ1) is 24.1. The Hall–Kier alpha value is -4.61. The van der Waals surface area contributed by atoms with E-state index in [4.69, 9.17) is 4.98 Å². The molecule has 1 amide bonds. The third-order valence-corrected chi connectivity index (χ3v) is 6.17. The predicted molar refractivity (Wildman–Crippen MR) is 143 cm³/mol. The van der Waals surface area contributed by atoms with Crippen molar-refractivity contribution in [1.82, 2.24) is 24.7 Å². The smallest absolute Gasteiger partial charge is 0.242 e. The lowest BCUT2D eigenvalue weighted by Gasteiger charge is -2.12. The maximum atomic E-state index is 14.4. The van der Waals surface area contributed by atoms with Crippen LogP contribution in [0.5, 0.6) is 0 Å². The number of nitrogens with zero attached hydrogens (tertiary/aromatic N) is 4. The van der Waals surface area contributed by atoms with Crippen LogP contribution >= 0.6 is 0 Å². The van der Waals surface area contributed by atoms with Crippen molar-refractivity contribution in [3.63, 3.8) is 0 Å². The Morgan fingerprint density at radius 2 is 1.86 bits per heavy atom. The molecule has 8 heteroatoms. The molecule has 0 spiro atoms. The van der Waals surface area contributed by atoms with Crippen LogP contribution < -0.4 is 10.6 Å². The number of carbonyl (C=O) groups is 1. The molecule has 0 bridgehead atoms. The van der Waals surface area contributed by atoms with E-state index in [0.717, 1.165) is 22.6 Å². The number of aryl methyl sites for hydroxylation is 2. The Labute approximate surface area is 213 Å². The number of anilines is 1. The van der Waals surface area contributed by atoms with Crippen LogP contribution in [0.4, 0.5) is 10.2 Å². The van der Waals surface area contributed by atoms with Gasteiger partial charge in [0.25, 0.3) is 0 Å². The number of nitrogens with one attached hydrogen (secondary N) is 2. The lowest BCUT2D eigenvalue weighted by molar-refractivity contribution is -0.117. The Morgan fingerprint density at radius 1 is 1.03 bits per heavy atom. The Kier molecular flexibility index (Phi) is 6.38. The van der Waals surface area contributed by atoms with E-state index >= 15 is 0 Å². The Balaban J connectivity index is 1.69. The van der Waals surface area contributed by atoms with Crippen molar-refractivity contribution in [3.05, 3.63) is 89.3 Å². The van der Waals surface area contributed by atoms with Gasteiger partial charge in [-0.25, -0.2) is 19.3 Å². The summed E-state index contributed by atoms with van der Waals surface area (Å²) in [7, 11) is 1.72. The minimum absolute atomic E-state index is 0.209. The highest BCUT2D eigenvalue weighted by Crippen LogP contribution is 2.28. The summed E-state index contributed by atoms with van der Waals surface area (Å²) >= 11 is 0. The number of likely N-dealkylation sites (N-methyl/N-ethyl adjacent to an activating group) is 1. The molecule has 0 radical (unpaired) electrons. The molecule has 0 saturated heterocycles. The molecule has 1 aromatic carbocycles. The number of amides is 1. The number of aromatic nitrogens is 4. The van der Waals surface area contributed by atoms with Gasteiger partial charge in [-0.05, 0) is 70.1 Å². The molecule has 2 N–H and O–H groups in total. The molecule has 184 valence electrons. The number of imidazole rings is 1. The monoisotopic (exact) mass is 492 g/mol. The van der Waals surface area contributed by atoms with E-state index in [1.807, 2.05) is 54.8 Å². The zero-order valence-corrected chi connectivity index (χ0v) is 20.9. The summed E-state index contributed by atoms with van der Waals surface area (Å²) in [4.78, 5) is 26.2. The lowest BCUT2D eigenvalue weighted by Crippen LogP contribution is -2.35. The summed E-state index contributed by atoms with van der Waals surface area (Å²) in [6, 6.07) is 15.7. The van der Waals surface area contributed by atoms with Gasteiger partial charge < -0.3 is 10.6 Å². The van der Waals surface area contributed by atoms with Crippen molar-refractivity contribution in [2.24, 2.45) is 0 Å². The largest absolute Gasteiger partial charge is 0.309 e. The molecule has 0 aliphatic carbocycles. The van der Waals surface area contributed by atoms with Crippen LogP contribution in [-0.4, -0.2) is 38.3 Å². The van der Waals surface area contributed by atoms with Gasteiger partial charge in [-0.1, -0.05) is 24.1 Å². The highest BCUT2D eigenvalue weighted by Gasteiger charge is 2.17. The van der Waals surface area contributed by atoms with Gasteiger partial charge in [0.2, 0.25) is 5.91 Å². The fraction of sp³-hybridized carbons (Fsp3) is 0.172. The topological polar surface area (TPSA) is 84.2 Å². The van der Waals surface area contributed by atoms with Gasteiger partial charge in [0.15, 0.2) is 0 Å². The van der Waals surface area contributed by atoms with E-state index in [9.17, 15) is 9.18 Å². The molecular formula is C29H25FN6O. The zero-order chi connectivity index (χ0) is 26.1. The van der Waals surface area contributed by atoms with Crippen LogP contribution in [0.2, 0.25) is 0 Å². The number of fused-ring (bicyclic) bond motifs is 2. The fourth-order valence-corrected chi connectivity index (χ4v) is 4.19. The molecule has 0 aliphatic heterocycles. The van der Waals surface area contributed by atoms with Gasteiger partial charge in [-0.2, -0.15) is 0 Å². The van der Waals surface area contributed by atoms with Crippen molar-refractivity contribution < 1.29 is 9.18 Å². The zero-order valence-electron chi connectivity index (χ0n) is 20.9. The van der Waals surface area contributed by atoms with Gasteiger partial charge in [-0.15, -0.1) is 0 Å². The Morgan fingerprint density at radius 3 is 2.68 bits per heavy atom. The third kappa shape index (κ3) is 4.65. The second kappa shape index (κ2) is 9.80. The van der Waals surface area contributed by atoms with Crippen molar-refractivity contribution in [2.75, 3.05) is 12.4 Å². The molecule has 0 aliphatic rings. The summed E-state index contributed by atoms with van der Waals surface area (Å²) < 4.78 is 16.4. The summed E-state index contributed by atoms with van der Waals surface area (Å²) in [6.45, 7) is 5.51. The first-order valence-electron chi connectivity index (χ1n) is 11.9. The first-order valence-corrected chi connectivity index (χ1v) is 11.9. The van der Waals surface area contributed by atoms with Crippen molar-refractivity contribution in [3.8, 4) is 23.1 Å². The number of para-hydroxylation sites is 1. The molecule has 4 heterocycles. The molecule has 0 saturated carbocycles. The van der Waals surface area contributed by atoms with Gasteiger partial charge in [-0.3, -0.25) is 9.20 Å².